The van der Waals surface area contributed by atoms with Crippen LogP contribution in [0.4, 0.5) is 4.39 Å². The van der Waals surface area contributed by atoms with Crippen LogP contribution in [-0.2, 0) is 4.79 Å². The highest BCUT2D eigenvalue weighted by atomic mass is 32.1. The number of hydrogen-bond donors (Lipinski definition) is 1. The molecule has 18 heavy (non-hydrogen) atoms. The second-order valence-corrected chi connectivity index (χ2v) is 5.30. The van der Waals surface area contributed by atoms with Crippen LogP contribution >= 0.6 is 11.3 Å². The zero-order valence-corrected chi connectivity index (χ0v) is 10.7. The van der Waals surface area contributed by atoms with Gasteiger partial charge in [0.1, 0.15) is 5.82 Å². The van der Waals surface area contributed by atoms with Gasteiger partial charge >= 0.3 is 5.97 Å². The maximum atomic E-state index is 13.6. The highest BCUT2D eigenvalue weighted by Crippen LogP contribution is 2.34. The number of carboxylic acids is 1. The van der Waals surface area contributed by atoms with E-state index in [0.717, 1.165) is 9.75 Å². The Morgan fingerprint density at radius 2 is 2.06 bits per heavy atom. The number of carboxylic acid groups (broad SMARTS) is 1. The van der Waals surface area contributed by atoms with Gasteiger partial charge in [-0.2, -0.15) is 0 Å². The molecule has 0 spiro atoms. The molecule has 1 aromatic carbocycles. The highest BCUT2D eigenvalue weighted by Gasteiger charge is 2.14. The largest absolute Gasteiger partial charge is 0.481 e. The minimum Gasteiger partial charge on any atom is -0.481 e. The van der Waals surface area contributed by atoms with E-state index in [1.165, 1.54) is 17.4 Å². The molecule has 0 saturated heterocycles. The predicted octanol–water partition coefficient (Wildman–Crippen LogP) is 4.13. The SMILES string of the molecule is CC(CC(=O)O)c1ccc(-c2ccccc2F)s1. The third-order valence-electron chi connectivity index (χ3n) is 2.73. The third-order valence-corrected chi connectivity index (χ3v) is 4.08. The average Bonchev–Trinajstić information content (AvgIpc) is 2.78. The molecule has 1 atom stereocenters. The van der Waals surface area contributed by atoms with Crippen LogP contribution in [0.3, 0.4) is 0 Å². The third kappa shape index (κ3) is 2.76. The maximum absolute atomic E-state index is 13.6. The van der Waals surface area contributed by atoms with Crippen molar-refractivity contribution in [3.63, 3.8) is 0 Å². The molecule has 1 N–H and O–H groups in total. The molecule has 4 heteroatoms. The first kappa shape index (κ1) is 12.8. The fourth-order valence-corrected chi connectivity index (χ4v) is 2.87. The van der Waals surface area contributed by atoms with E-state index >= 15 is 0 Å². The molecule has 1 aromatic heterocycles. The van der Waals surface area contributed by atoms with Gasteiger partial charge in [0, 0.05) is 21.2 Å². The van der Waals surface area contributed by atoms with Crippen LogP contribution in [0.2, 0.25) is 0 Å². The lowest BCUT2D eigenvalue weighted by Gasteiger charge is -2.04. The first-order chi connectivity index (χ1) is 8.58. The lowest BCUT2D eigenvalue weighted by atomic mass is 10.1. The zero-order chi connectivity index (χ0) is 13.1. The molecular weight excluding hydrogens is 251 g/mol. The summed E-state index contributed by atoms with van der Waals surface area (Å²) in [7, 11) is 0. The first-order valence-corrected chi connectivity index (χ1v) is 6.46. The second-order valence-electron chi connectivity index (χ2n) is 4.18. The molecule has 0 radical (unpaired) electrons. The number of hydrogen-bond acceptors (Lipinski definition) is 2. The summed E-state index contributed by atoms with van der Waals surface area (Å²) in [5, 5.41) is 8.76. The molecule has 0 amide bonds. The van der Waals surface area contributed by atoms with Gasteiger partial charge in [0.05, 0.1) is 6.42 Å². The van der Waals surface area contributed by atoms with Gasteiger partial charge in [-0.3, -0.25) is 4.79 Å². The van der Waals surface area contributed by atoms with Gasteiger partial charge in [-0.25, -0.2) is 4.39 Å². The van der Waals surface area contributed by atoms with Gasteiger partial charge < -0.3 is 5.11 Å². The van der Waals surface area contributed by atoms with Crippen molar-refractivity contribution in [3.05, 3.63) is 47.1 Å². The summed E-state index contributed by atoms with van der Waals surface area (Å²) in [6.07, 6.45) is 0.0945. The van der Waals surface area contributed by atoms with Gasteiger partial charge in [-0.15, -0.1) is 11.3 Å². The molecule has 0 aliphatic rings. The van der Waals surface area contributed by atoms with Crippen LogP contribution in [-0.4, -0.2) is 11.1 Å². The molecule has 2 aromatic rings. The van der Waals surface area contributed by atoms with Crippen LogP contribution in [0.1, 0.15) is 24.1 Å². The first-order valence-electron chi connectivity index (χ1n) is 5.64. The Bertz CT molecular complexity index is 562. The van der Waals surface area contributed by atoms with Gasteiger partial charge in [0.2, 0.25) is 0 Å². The quantitative estimate of drug-likeness (QED) is 0.901. The van der Waals surface area contributed by atoms with Gasteiger partial charge in [0.15, 0.2) is 0 Å². The molecule has 1 heterocycles. The van der Waals surface area contributed by atoms with Crippen molar-refractivity contribution < 1.29 is 14.3 Å². The number of aliphatic carboxylic acids is 1. The smallest absolute Gasteiger partial charge is 0.303 e. The van der Waals surface area contributed by atoms with Crippen molar-refractivity contribution in [1.82, 2.24) is 0 Å². The fraction of sp³-hybridized carbons (Fsp3) is 0.214. The minimum absolute atomic E-state index is 0.0481. The van der Waals surface area contributed by atoms with Crippen molar-refractivity contribution >= 4 is 17.3 Å². The van der Waals surface area contributed by atoms with Crippen molar-refractivity contribution in [3.8, 4) is 10.4 Å². The lowest BCUT2D eigenvalue weighted by Crippen LogP contribution is -2.00. The van der Waals surface area contributed by atoms with E-state index in [1.807, 2.05) is 19.1 Å². The van der Waals surface area contributed by atoms with Crippen LogP contribution in [0.25, 0.3) is 10.4 Å². The summed E-state index contributed by atoms with van der Waals surface area (Å²) in [6.45, 7) is 1.87. The van der Waals surface area contributed by atoms with E-state index in [0.29, 0.717) is 5.56 Å². The monoisotopic (exact) mass is 264 g/mol. The Morgan fingerprint density at radius 3 is 2.72 bits per heavy atom. The van der Waals surface area contributed by atoms with Crippen LogP contribution in [0.15, 0.2) is 36.4 Å². The van der Waals surface area contributed by atoms with Gasteiger partial charge in [-0.1, -0.05) is 25.1 Å². The Balaban J connectivity index is 2.26. The molecule has 94 valence electrons. The number of rotatable bonds is 4. The number of benzene rings is 1. The maximum Gasteiger partial charge on any atom is 0.303 e. The predicted molar refractivity (Wildman–Crippen MR) is 70.4 cm³/mol. The molecule has 0 bridgehead atoms. The van der Waals surface area contributed by atoms with Crippen molar-refractivity contribution in [2.24, 2.45) is 0 Å². The normalized spacial score (nSPS) is 12.3. The van der Waals surface area contributed by atoms with E-state index in [2.05, 4.69) is 0 Å². The van der Waals surface area contributed by atoms with Crippen molar-refractivity contribution in [1.29, 1.82) is 0 Å². The van der Waals surface area contributed by atoms with Gasteiger partial charge in [-0.05, 0) is 18.2 Å². The zero-order valence-electron chi connectivity index (χ0n) is 9.89. The van der Waals surface area contributed by atoms with Crippen molar-refractivity contribution in [2.75, 3.05) is 0 Å². The van der Waals surface area contributed by atoms with Crippen molar-refractivity contribution in [2.45, 2.75) is 19.3 Å². The van der Waals surface area contributed by atoms with Crippen LogP contribution < -0.4 is 0 Å². The molecule has 0 saturated carbocycles. The Labute approximate surface area is 109 Å². The number of thiophene rings is 1. The molecule has 0 fully saturated rings. The summed E-state index contributed by atoms with van der Waals surface area (Å²) in [4.78, 5) is 12.5. The average molecular weight is 264 g/mol. The summed E-state index contributed by atoms with van der Waals surface area (Å²) in [6, 6.07) is 10.3. The van der Waals surface area contributed by atoms with E-state index in [4.69, 9.17) is 5.11 Å². The van der Waals surface area contributed by atoms with Crippen LogP contribution in [0, 0.1) is 5.82 Å². The van der Waals surface area contributed by atoms with Crippen LogP contribution in [0.5, 0.6) is 0 Å². The summed E-state index contributed by atoms with van der Waals surface area (Å²) < 4.78 is 13.6. The number of carbonyl (C=O) groups is 1. The molecular formula is C14H13FO2S. The minimum atomic E-state index is -0.816. The molecule has 0 aliphatic carbocycles. The second kappa shape index (κ2) is 5.31. The molecule has 2 rings (SSSR count). The summed E-state index contributed by atoms with van der Waals surface area (Å²) >= 11 is 1.45. The van der Waals surface area contributed by atoms with E-state index in [1.54, 1.807) is 18.2 Å². The lowest BCUT2D eigenvalue weighted by molar-refractivity contribution is -0.137. The summed E-state index contributed by atoms with van der Waals surface area (Å²) in [5.74, 6) is -1.12. The highest BCUT2D eigenvalue weighted by molar-refractivity contribution is 7.15. The Kier molecular flexibility index (Phi) is 3.77. The standard InChI is InChI=1S/C14H13FO2S/c1-9(8-14(16)17)12-6-7-13(18-12)10-4-2-3-5-11(10)15/h2-7,9H,8H2,1H3,(H,16,17). The van der Waals surface area contributed by atoms with Gasteiger partial charge in [0.25, 0.3) is 0 Å². The summed E-state index contributed by atoms with van der Waals surface area (Å²) in [5.41, 5.74) is 0.566. The number of halogens is 1. The fourth-order valence-electron chi connectivity index (χ4n) is 1.79. The molecule has 1 unspecified atom stereocenters. The Morgan fingerprint density at radius 1 is 1.33 bits per heavy atom. The molecule has 0 aliphatic heterocycles. The molecule has 2 nitrogen and oxygen atoms in total. The van der Waals surface area contributed by atoms with E-state index < -0.39 is 5.97 Å². The Hall–Kier alpha value is -1.68. The van der Waals surface area contributed by atoms with E-state index in [9.17, 15) is 9.18 Å². The van der Waals surface area contributed by atoms with E-state index in [-0.39, 0.29) is 18.2 Å². The topological polar surface area (TPSA) is 37.3 Å².